The van der Waals surface area contributed by atoms with Crippen molar-refractivity contribution in [2.24, 2.45) is 0 Å². The number of hydrogen-bond acceptors (Lipinski definition) is 2. The largest absolute Gasteiger partial charge is 0.496 e. The van der Waals surface area contributed by atoms with Gasteiger partial charge in [-0.15, -0.1) is 0 Å². The summed E-state index contributed by atoms with van der Waals surface area (Å²) >= 11 is 0. The van der Waals surface area contributed by atoms with Gasteiger partial charge in [-0.3, -0.25) is 0 Å². The highest BCUT2D eigenvalue weighted by atomic mass is 16.5. The van der Waals surface area contributed by atoms with Crippen molar-refractivity contribution in [3.05, 3.63) is 52.6 Å². The van der Waals surface area contributed by atoms with Gasteiger partial charge in [-0.2, -0.15) is 0 Å². The highest BCUT2D eigenvalue weighted by Gasteiger charge is 2.21. The van der Waals surface area contributed by atoms with Gasteiger partial charge in [0, 0.05) is 11.6 Å². The van der Waals surface area contributed by atoms with Crippen molar-refractivity contribution in [1.29, 1.82) is 0 Å². The second-order valence-electron chi connectivity index (χ2n) is 5.88. The summed E-state index contributed by atoms with van der Waals surface area (Å²) < 4.78 is 5.66. The zero-order chi connectivity index (χ0) is 15.0. The van der Waals surface area contributed by atoms with Crippen LogP contribution < -0.4 is 10.1 Å². The number of benzene rings is 2. The lowest BCUT2D eigenvalue weighted by Crippen LogP contribution is -2.12. The quantitative estimate of drug-likeness (QED) is 0.911. The molecule has 21 heavy (non-hydrogen) atoms. The summed E-state index contributed by atoms with van der Waals surface area (Å²) in [5.41, 5.74) is 7.86. The first kappa shape index (κ1) is 14.2. The molecular weight excluding hydrogens is 258 g/mol. The fourth-order valence-corrected chi connectivity index (χ4v) is 3.37. The number of rotatable bonds is 3. The van der Waals surface area contributed by atoms with Crippen LogP contribution in [0.15, 0.2) is 30.3 Å². The van der Waals surface area contributed by atoms with Gasteiger partial charge in [0.05, 0.1) is 7.11 Å². The van der Waals surface area contributed by atoms with Crippen LogP contribution >= 0.6 is 0 Å². The molecule has 2 nitrogen and oxygen atoms in total. The lowest BCUT2D eigenvalue weighted by molar-refractivity contribution is 0.413. The van der Waals surface area contributed by atoms with Crippen LogP contribution in [0.25, 0.3) is 11.1 Å². The minimum atomic E-state index is 0.510. The zero-order valence-electron chi connectivity index (χ0n) is 13.3. The molecule has 0 fully saturated rings. The predicted octanol–water partition coefficient (Wildman–Crippen LogP) is 4.19. The Morgan fingerprint density at radius 1 is 1.14 bits per heavy atom. The normalized spacial score (nSPS) is 16.9. The molecule has 110 valence electrons. The van der Waals surface area contributed by atoms with E-state index >= 15 is 0 Å². The van der Waals surface area contributed by atoms with Crippen LogP contribution in [-0.2, 0) is 6.42 Å². The number of methoxy groups -OCH3 is 1. The van der Waals surface area contributed by atoms with Crippen molar-refractivity contribution in [2.75, 3.05) is 14.2 Å². The molecule has 0 radical (unpaired) electrons. The second kappa shape index (κ2) is 5.53. The second-order valence-corrected chi connectivity index (χ2v) is 5.88. The first-order valence-electron chi connectivity index (χ1n) is 7.60. The van der Waals surface area contributed by atoms with Crippen molar-refractivity contribution < 1.29 is 4.74 Å². The minimum Gasteiger partial charge on any atom is -0.496 e. The van der Waals surface area contributed by atoms with Gasteiger partial charge < -0.3 is 10.1 Å². The molecule has 1 atom stereocenters. The predicted molar refractivity (Wildman–Crippen MR) is 88.0 cm³/mol. The first-order chi connectivity index (χ1) is 10.2. The van der Waals surface area contributed by atoms with Gasteiger partial charge in [-0.25, -0.2) is 0 Å². The number of aryl methyl sites for hydroxylation is 2. The number of ether oxygens (including phenoxy) is 1. The maximum Gasteiger partial charge on any atom is 0.129 e. The molecule has 0 aromatic heterocycles. The average Bonchev–Trinajstić information content (AvgIpc) is 2.92. The highest BCUT2D eigenvalue weighted by molar-refractivity contribution is 5.74. The van der Waals surface area contributed by atoms with Crippen molar-refractivity contribution >= 4 is 0 Å². The van der Waals surface area contributed by atoms with E-state index < -0.39 is 0 Å². The monoisotopic (exact) mass is 281 g/mol. The van der Waals surface area contributed by atoms with E-state index in [1.54, 1.807) is 7.11 Å². The molecular formula is C19H23NO. The molecule has 1 aliphatic carbocycles. The fraction of sp³-hybridized carbons (Fsp3) is 0.368. The standard InChI is InChI=1S/C19H23NO/c1-12-5-8-17(19(21-4)13(12)2)15-6-9-16-14(11-15)7-10-18(16)20-3/h5-6,8-9,11,18,20H,7,10H2,1-4H3. The van der Waals surface area contributed by atoms with Crippen LogP contribution in [0.5, 0.6) is 5.75 Å². The molecule has 1 unspecified atom stereocenters. The zero-order valence-corrected chi connectivity index (χ0v) is 13.3. The fourth-order valence-electron chi connectivity index (χ4n) is 3.37. The third-order valence-corrected chi connectivity index (χ3v) is 4.76. The molecule has 3 rings (SSSR count). The molecule has 1 N–H and O–H groups in total. The number of hydrogen-bond donors (Lipinski definition) is 1. The van der Waals surface area contributed by atoms with Gasteiger partial charge in [0.1, 0.15) is 5.75 Å². The minimum absolute atomic E-state index is 0.510. The molecule has 0 spiro atoms. The summed E-state index contributed by atoms with van der Waals surface area (Å²) in [7, 11) is 3.80. The van der Waals surface area contributed by atoms with Crippen LogP contribution in [-0.4, -0.2) is 14.2 Å². The number of fused-ring (bicyclic) bond motifs is 1. The summed E-state index contributed by atoms with van der Waals surface area (Å²) in [5, 5.41) is 3.39. The van der Waals surface area contributed by atoms with Gasteiger partial charge in [-0.05, 0) is 61.6 Å². The topological polar surface area (TPSA) is 21.3 Å². The van der Waals surface area contributed by atoms with Crippen LogP contribution in [0.4, 0.5) is 0 Å². The van der Waals surface area contributed by atoms with Crippen LogP contribution in [0, 0.1) is 13.8 Å². The Bertz CT molecular complexity index is 676. The van der Waals surface area contributed by atoms with Crippen LogP contribution in [0.2, 0.25) is 0 Å². The molecule has 1 aliphatic rings. The maximum absolute atomic E-state index is 5.66. The van der Waals surface area contributed by atoms with Crippen molar-refractivity contribution in [1.82, 2.24) is 5.32 Å². The lowest BCUT2D eigenvalue weighted by Gasteiger charge is -2.15. The molecule has 2 aromatic rings. The summed E-state index contributed by atoms with van der Waals surface area (Å²) in [6, 6.07) is 11.7. The van der Waals surface area contributed by atoms with E-state index in [-0.39, 0.29) is 0 Å². The number of nitrogens with one attached hydrogen (secondary N) is 1. The molecule has 0 heterocycles. The van der Waals surface area contributed by atoms with E-state index in [0.717, 1.165) is 12.2 Å². The average molecular weight is 281 g/mol. The Morgan fingerprint density at radius 2 is 1.95 bits per heavy atom. The van der Waals surface area contributed by atoms with E-state index in [0.29, 0.717) is 6.04 Å². The Labute approximate surface area is 127 Å². The molecule has 2 heteroatoms. The SMILES string of the molecule is CNC1CCc2cc(-c3ccc(C)c(C)c3OC)ccc21. The van der Waals surface area contributed by atoms with Gasteiger partial charge in [0.15, 0.2) is 0 Å². The molecule has 0 saturated carbocycles. The smallest absolute Gasteiger partial charge is 0.129 e. The van der Waals surface area contributed by atoms with Gasteiger partial charge in [0.2, 0.25) is 0 Å². The molecule has 2 aromatic carbocycles. The van der Waals surface area contributed by atoms with E-state index in [2.05, 4.69) is 49.5 Å². The van der Waals surface area contributed by atoms with Gasteiger partial charge >= 0.3 is 0 Å². The summed E-state index contributed by atoms with van der Waals surface area (Å²) in [5.74, 6) is 0.998. The van der Waals surface area contributed by atoms with Crippen LogP contribution in [0.3, 0.4) is 0 Å². The summed E-state index contributed by atoms with van der Waals surface area (Å²) in [4.78, 5) is 0. The molecule has 0 saturated heterocycles. The maximum atomic E-state index is 5.66. The molecule has 0 aliphatic heterocycles. The van der Waals surface area contributed by atoms with E-state index in [1.807, 2.05) is 7.05 Å². The Hall–Kier alpha value is -1.80. The van der Waals surface area contributed by atoms with Crippen LogP contribution in [0.1, 0.15) is 34.7 Å². The van der Waals surface area contributed by atoms with E-state index in [9.17, 15) is 0 Å². The Kier molecular flexibility index (Phi) is 3.73. The molecule has 0 bridgehead atoms. The first-order valence-corrected chi connectivity index (χ1v) is 7.60. The Morgan fingerprint density at radius 3 is 2.67 bits per heavy atom. The van der Waals surface area contributed by atoms with Crippen molar-refractivity contribution in [3.63, 3.8) is 0 Å². The van der Waals surface area contributed by atoms with Crippen molar-refractivity contribution in [2.45, 2.75) is 32.7 Å². The van der Waals surface area contributed by atoms with E-state index in [1.165, 1.54) is 39.8 Å². The Balaban J connectivity index is 2.09. The van der Waals surface area contributed by atoms with Gasteiger partial charge in [-0.1, -0.05) is 30.3 Å². The molecule has 0 amide bonds. The summed E-state index contributed by atoms with van der Waals surface area (Å²) in [6.07, 6.45) is 2.35. The van der Waals surface area contributed by atoms with Gasteiger partial charge in [0.25, 0.3) is 0 Å². The lowest BCUT2D eigenvalue weighted by atomic mass is 9.96. The summed E-state index contributed by atoms with van der Waals surface area (Å²) in [6.45, 7) is 4.25. The third-order valence-electron chi connectivity index (χ3n) is 4.76. The van der Waals surface area contributed by atoms with Crippen molar-refractivity contribution in [3.8, 4) is 16.9 Å². The highest BCUT2D eigenvalue weighted by Crippen LogP contribution is 2.38. The van der Waals surface area contributed by atoms with E-state index in [4.69, 9.17) is 4.74 Å². The third kappa shape index (κ3) is 2.34.